The van der Waals surface area contributed by atoms with Crippen molar-refractivity contribution in [2.24, 2.45) is 0 Å². The maximum atomic E-state index is 14.9. The molecular formula is C81H58F12N8O16. The summed E-state index contributed by atoms with van der Waals surface area (Å²) in [7, 11) is 1.73. The summed E-state index contributed by atoms with van der Waals surface area (Å²) in [6, 6.07) is 42.2. The maximum Gasteiger partial charge on any atom is 0.411 e. The zero-order valence-corrected chi connectivity index (χ0v) is 59.1. The van der Waals surface area contributed by atoms with Crippen LogP contribution in [0.25, 0.3) is 0 Å². The van der Waals surface area contributed by atoms with Crippen LogP contribution in [0.2, 0.25) is 0 Å². The van der Waals surface area contributed by atoms with Gasteiger partial charge in [0, 0.05) is 80.4 Å². The van der Waals surface area contributed by atoms with Crippen LogP contribution < -0.4 is 43.4 Å². The second kappa shape index (κ2) is 33.7. The van der Waals surface area contributed by atoms with Crippen molar-refractivity contribution in [3.8, 4) is 0 Å². The van der Waals surface area contributed by atoms with Gasteiger partial charge in [0.05, 0.1) is 38.9 Å². The van der Waals surface area contributed by atoms with Crippen LogP contribution in [-0.4, -0.2) is 113 Å². The Hall–Kier alpha value is -15.0. The Balaban J connectivity index is 0.000000224. The summed E-state index contributed by atoms with van der Waals surface area (Å²) < 4.78 is 183. The number of carboxylic acids is 2. The number of amides is 5. The van der Waals surface area contributed by atoms with Gasteiger partial charge >= 0.3 is 60.5 Å². The number of ketones is 1. The number of halogens is 12. The molecule has 5 amide bonds. The van der Waals surface area contributed by atoms with Crippen LogP contribution in [-0.2, 0) is 20.3 Å². The minimum absolute atomic E-state index is 0. The number of benzene rings is 10. The van der Waals surface area contributed by atoms with Crippen LogP contribution in [0.1, 0.15) is 161 Å². The lowest BCUT2D eigenvalue weighted by molar-refractivity contribution is -0.290. The molecule has 2 aliphatic rings. The molecule has 0 aromatic heterocycles. The molecule has 0 fully saturated rings. The number of nitrogens with two attached hydrogens (primary N) is 2. The highest BCUT2D eigenvalue weighted by Gasteiger charge is 2.74. The zero-order chi connectivity index (χ0) is 84.9. The fourth-order valence-corrected chi connectivity index (χ4v) is 12.1. The van der Waals surface area contributed by atoms with Crippen molar-refractivity contribution in [3.05, 3.63) is 307 Å². The number of carbonyl (C=O) groups excluding carboxylic acids is 10. The lowest BCUT2D eigenvalue weighted by Crippen LogP contribution is -2.55. The highest BCUT2D eigenvalue weighted by molar-refractivity contribution is 6.16. The third-order valence-electron chi connectivity index (χ3n) is 17.8. The number of aromatic carboxylic acids is 2. The number of nitrogens with one attached hydrogen (secondary N) is 6. The molecule has 2 heterocycles. The number of cyclic esters (lactones) is 4. The van der Waals surface area contributed by atoms with E-state index >= 15 is 0 Å². The van der Waals surface area contributed by atoms with E-state index in [0.717, 1.165) is 12.6 Å². The van der Waals surface area contributed by atoms with Gasteiger partial charge in [-0.1, -0.05) is 49.9 Å². The standard InChI is InChI=1S/C41H30F6N4O8.C20H18N4O2.C19H6F6O6.CH4/c1-21(52)30-16-10-24(18-32(30)37(56)57)39(40(42,43)44,41(45,46)47)25-11-17-31(33(19-25)38(58)59)36(55)49-27-14-8-23(9-15-27)35(54)51-29-5-3-4-28(20-29)50-34(53)22-6-12-26(48-2)13-7-22;21-15-8-4-13(5-9-15)19(25)23-17-2-1-3-18(12-17)24-20(26)14-6-10-16(22)11-7-14;20-18(21,22)17(19(23,24)25,7-1-3-9-11(5-7)15(28)30-13(9)26)8-2-4-10-12(6-8)16(29)31-14(10)27;/h3-20,48H,1-2H3,(H,49,55)(H,50,53)(H,51,54)(H,56,57)(H,58,59);1-12H,21-22H2,(H,23,25)(H,24,26);1-6H;1H4. The molecule has 0 radical (unpaired) electrons. The van der Waals surface area contributed by atoms with Gasteiger partial charge < -0.3 is 63.1 Å². The summed E-state index contributed by atoms with van der Waals surface area (Å²) in [5.41, 5.74) is -6.00. The van der Waals surface area contributed by atoms with E-state index in [9.17, 15) is 120 Å². The molecule has 0 saturated carbocycles. The third kappa shape index (κ3) is 17.9. The van der Waals surface area contributed by atoms with Crippen molar-refractivity contribution in [1.29, 1.82) is 0 Å². The van der Waals surface area contributed by atoms with Crippen LogP contribution in [0.4, 0.5) is 98.2 Å². The van der Waals surface area contributed by atoms with Gasteiger partial charge in [-0.25, -0.2) is 28.8 Å². The fourth-order valence-electron chi connectivity index (χ4n) is 12.1. The van der Waals surface area contributed by atoms with E-state index in [0.29, 0.717) is 87.2 Å². The van der Waals surface area contributed by atoms with E-state index in [1.165, 1.54) is 30.3 Å². The first-order valence-electron chi connectivity index (χ1n) is 33.2. The molecule has 0 aliphatic carbocycles. The largest absolute Gasteiger partial charge is 0.478 e. The number of carbonyl (C=O) groups is 12. The van der Waals surface area contributed by atoms with Gasteiger partial charge in [-0.05, 0) is 205 Å². The van der Waals surface area contributed by atoms with Crippen LogP contribution >= 0.6 is 0 Å². The van der Waals surface area contributed by atoms with Gasteiger partial charge in [0.15, 0.2) is 5.78 Å². The van der Waals surface area contributed by atoms with E-state index in [1.807, 2.05) is 0 Å². The van der Waals surface area contributed by atoms with Gasteiger partial charge in [-0.15, -0.1) is 0 Å². The second-order valence-corrected chi connectivity index (χ2v) is 25.1. The summed E-state index contributed by atoms with van der Waals surface area (Å²) in [5, 5.41) is 35.6. The molecule has 12 N–H and O–H groups in total. The molecule has 602 valence electrons. The number of esters is 4. The fraction of sp³-hybridized carbons (Fsp3) is 0.111. The number of alkyl halides is 12. The number of rotatable bonds is 18. The van der Waals surface area contributed by atoms with Crippen molar-refractivity contribution in [2.45, 2.75) is 49.9 Å². The molecule has 0 saturated heterocycles. The topological polar surface area (TPSA) is 388 Å². The molecule has 12 rings (SSSR count). The van der Waals surface area contributed by atoms with E-state index < -0.39 is 162 Å². The number of carboxylic acid groups (broad SMARTS) is 2. The smallest absolute Gasteiger partial charge is 0.411 e. The number of fused-ring (bicyclic) bond motifs is 2. The summed E-state index contributed by atoms with van der Waals surface area (Å²) >= 11 is 0. The van der Waals surface area contributed by atoms with Crippen molar-refractivity contribution in [1.82, 2.24) is 0 Å². The van der Waals surface area contributed by atoms with Gasteiger partial charge in [0.1, 0.15) is 0 Å². The Bertz CT molecular complexity index is 5480. The average Bonchev–Trinajstić information content (AvgIpc) is 1.53. The first kappa shape index (κ1) is 86.0. The van der Waals surface area contributed by atoms with Crippen molar-refractivity contribution in [2.75, 3.05) is 50.4 Å². The molecule has 10 aromatic rings. The Morgan fingerprint density at radius 3 is 0.897 bits per heavy atom. The van der Waals surface area contributed by atoms with Gasteiger partial charge in [-0.3, -0.25) is 28.8 Å². The quantitative estimate of drug-likeness (QED) is 0.0125. The predicted molar refractivity (Wildman–Crippen MR) is 398 cm³/mol. The summed E-state index contributed by atoms with van der Waals surface area (Å²) in [5.74, 6) is -13.1. The molecular weight excluding hydrogens is 1570 g/mol. The molecule has 10 aromatic carbocycles. The Labute approximate surface area is 651 Å². The number of Topliss-reactive ketones (excluding diaryl/α,β-unsaturated/α-hetero) is 1. The summed E-state index contributed by atoms with van der Waals surface area (Å²) in [6.07, 6.45) is -24.6. The predicted octanol–water partition coefficient (Wildman–Crippen LogP) is 16.2. The molecule has 0 atom stereocenters. The Morgan fingerprint density at radius 1 is 0.316 bits per heavy atom. The highest BCUT2D eigenvalue weighted by Crippen LogP contribution is 2.59. The van der Waals surface area contributed by atoms with E-state index in [-0.39, 0.29) is 66.9 Å². The van der Waals surface area contributed by atoms with E-state index in [4.69, 9.17) is 11.5 Å². The minimum atomic E-state index is -6.27. The minimum Gasteiger partial charge on any atom is -0.478 e. The zero-order valence-electron chi connectivity index (χ0n) is 59.1. The third-order valence-corrected chi connectivity index (χ3v) is 17.8. The number of nitrogen functional groups attached to an aromatic ring is 2. The van der Waals surface area contributed by atoms with Crippen LogP contribution in [0.15, 0.2) is 218 Å². The summed E-state index contributed by atoms with van der Waals surface area (Å²) in [6.45, 7) is 0.856. The molecule has 24 nitrogen and oxygen atoms in total. The summed E-state index contributed by atoms with van der Waals surface area (Å²) in [4.78, 5) is 146. The molecule has 36 heteroatoms. The van der Waals surface area contributed by atoms with Crippen molar-refractivity contribution in [3.63, 3.8) is 0 Å². The number of hydrogen-bond donors (Lipinski definition) is 10. The average molecular weight is 1630 g/mol. The highest BCUT2D eigenvalue weighted by atomic mass is 19.4. The Kier molecular flexibility index (Phi) is 24.8. The Morgan fingerprint density at radius 2 is 0.590 bits per heavy atom. The SMILES string of the molecule is C.CNc1ccc(C(=O)Nc2cccc(NC(=O)c3ccc(NC(=O)c4ccc(C(c5ccc(C(C)=O)c(C(=O)O)c5)(C(F)(F)F)C(F)(F)F)cc4C(=O)O)cc3)c2)cc1.Nc1ccc(C(=O)Nc2cccc(NC(=O)c3ccc(N)cc3)c2)cc1.O=C1OC(=O)c2cc(C(c3ccc4c(c3)C(=O)OC4=O)(C(F)(F)F)C(F)(F)F)ccc21. The molecule has 0 bridgehead atoms. The van der Waals surface area contributed by atoms with Crippen molar-refractivity contribution < 1.29 is 130 Å². The monoisotopic (exact) mass is 1630 g/mol. The van der Waals surface area contributed by atoms with E-state index in [2.05, 4.69) is 41.4 Å². The molecule has 0 spiro atoms. The molecule has 0 unspecified atom stereocenters. The normalized spacial score (nSPS) is 12.4. The molecule has 117 heavy (non-hydrogen) atoms. The lowest BCUT2D eigenvalue weighted by atomic mass is 9.71. The van der Waals surface area contributed by atoms with Crippen molar-refractivity contribution >= 4 is 117 Å². The van der Waals surface area contributed by atoms with E-state index in [1.54, 1.807) is 122 Å². The number of ether oxygens (including phenoxy) is 2. The number of hydrogen-bond acceptors (Lipinski definition) is 17. The van der Waals surface area contributed by atoms with Crippen LogP contribution in [0.5, 0.6) is 0 Å². The van der Waals surface area contributed by atoms with Gasteiger partial charge in [0.25, 0.3) is 29.5 Å². The number of anilines is 8. The first-order chi connectivity index (χ1) is 54.5. The lowest BCUT2D eigenvalue weighted by Gasteiger charge is -2.38. The van der Waals surface area contributed by atoms with Crippen LogP contribution in [0, 0.1) is 0 Å². The maximum absolute atomic E-state index is 14.9. The first-order valence-corrected chi connectivity index (χ1v) is 33.2. The van der Waals surface area contributed by atoms with Crippen LogP contribution in [0.3, 0.4) is 0 Å². The van der Waals surface area contributed by atoms with Gasteiger partial charge in [0.2, 0.25) is 10.8 Å². The van der Waals surface area contributed by atoms with Gasteiger partial charge in [-0.2, -0.15) is 52.7 Å². The molecule has 2 aliphatic heterocycles. The second-order valence-electron chi connectivity index (χ2n) is 25.1.